The lowest BCUT2D eigenvalue weighted by Crippen LogP contribution is -2.52. The summed E-state index contributed by atoms with van der Waals surface area (Å²) < 4.78 is 33.8. The van der Waals surface area contributed by atoms with Gasteiger partial charge in [0, 0.05) is 43.0 Å². The lowest BCUT2D eigenvalue weighted by molar-refractivity contribution is -0.129. The summed E-state index contributed by atoms with van der Waals surface area (Å²) in [5.74, 6) is 0.255. The van der Waals surface area contributed by atoms with Crippen LogP contribution in [0.15, 0.2) is 71.6 Å². The fourth-order valence-corrected chi connectivity index (χ4v) is 5.83. The van der Waals surface area contributed by atoms with Gasteiger partial charge in [-0.05, 0) is 55.8 Å². The van der Waals surface area contributed by atoms with E-state index in [2.05, 4.69) is 4.90 Å². The van der Waals surface area contributed by atoms with Crippen LogP contribution in [0.4, 0.5) is 11.4 Å². The molecule has 1 amide bonds. The summed E-state index contributed by atoms with van der Waals surface area (Å²) in [6.45, 7) is 5.87. The Labute approximate surface area is 217 Å². The van der Waals surface area contributed by atoms with Gasteiger partial charge >= 0.3 is 0 Å². The maximum Gasteiger partial charge on any atom is 0.264 e. The standard InChI is InChI=1S/C27H30ClN3O4S/c1-20-7-11-25(12-8-20)36(33,34)31(23-5-4-6-24(18-23)35-3)19-27(32)30-15-13-29(14-16-30)26-17-22(28)10-9-21(26)2/h4-12,17-18H,13-16,19H2,1-3H3. The first kappa shape index (κ1) is 25.9. The average Bonchev–Trinajstić information content (AvgIpc) is 2.88. The van der Waals surface area contributed by atoms with Crippen molar-refractivity contribution in [3.63, 3.8) is 0 Å². The van der Waals surface area contributed by atoms with Gasteiger partial charge in [-0.3, -0.25) is 9.10 Å². The summed E-state index contributed by atoms with van der Waals surface area (Å²) in [7, 11) is -2.47. The molecule has 1 aliphatic rings. The molecule has 0 spiro atoms. The third kappa shape index (κ3) is 5.60. The molecule has 0 unspecified atom stereocenters. The second-order valence-corrected chi connectivity index (χ2v) is 11.1. The van der Waals surface area contributed by atoms with Gasteiger partial charge in [0.1, 0.15) is 12.3 Å². The van der Waals surface area contributed by atoms with Crippen LogP contribution in [-0.4, -0.2) is 59.1 Å². The molecule has 0 radical (unpaired) electrons. The molecule has 36 heavy (non-hydrogen) atoms. The molecule has 7 nitrogen and oxygen atoms in total. The van der Waals surface area contributed by atoms with E-state index in [0.29, 0.717) is 42.6 Å². The molecular formula is C27H30ClN3O4S. The second-order valence-electron chi connectivity index (χ2n) is 8.82. The van der Waals surface area contributed by atoms with Crippen molar-refractivity contribution in [3.8, 4) is 5.75 Å². The fraction of sp³-hybridized carbons (Fsp3) is 0.296. The highest BCUT2D eigenvalue weighted by Gasteiger charge is 2.30. The minimum atomic E-state index is -3.99. The van der Waals surface area contributed by atoms with Crippen LogP contribution >= 0.6 is 11.6 Å². The van der Waals surface area contributed by atoms with Gasteiger partial charge in [0.15, 0.2) is 0 Å². The smallest absolute Gasteiger partial charge is 0.264 e. The van der Waals surface area contributed by atoms with Crippen molar-refractivity contribution in [1.82, 2.24) is 4.90 Å². The van der Waals surface area contributed by atoms with E-state index in [9.17, 15) is 13.2 Å². The van der Waals surface area contributed by atoms with Gasteiger partial charge in [0.2, 0.25) is 5.91 Å². The molecule has 190 valence electrons. The molecule has 0 aliphatic carbocycles. The van der Waals surface area contributed by atoms with Gasteiger partial charge in [0.05, 0.1) is 17.7 Å². The zero-order valence-corrected chi connectivity index (χ0v) is 22.2. The van der Waals surface area contributed by atoms with Crippen molar-refractivity contribution >= 4 is 38.9 Å². The van der Waals surface area contributed by atoms with Crippen molar-refractivity contribution in [2.24, 2.45) is 0 Å². The van der Waals surface area contributed by atoms with E-state index in [-0.39, 0.29) is 17.3 Å². The number of amides is 1. The van der Waals surface area contributed by atoms with Crippen LogP contribution in [0.5, 0.6) is 5.75 Å². The second kappa shape index (κ2) is 10.8. The van der Waals surface area contributed by atoms with Crippen LogP contribution < -0.4 is 13.9 Å². The third-order valence-electron chi connectivity index (χ3n) is 6.37. The first-order valence-corrected chi connectivity index (χ1v) is 13.5. The molecule has 0 bridgehead atoms. The largest absolute Gasteiger partial charge is 0.497 e. The summed E-state index contributed by atoms with van der Waals surface area (Å²) in [6.07, 6.45) is 0. The summed E-state index contributed by atoms with van der Waals surface area (Å²) in [4.78, 5) is 17.4. The van der Waals surface area contributed by atoms with E-state index in [1.54, 1.807) is 53.4 Å². The zero-order chi connectivity index (χ0) is 25.9. The Morgan fingerprint density at radius 3 is 2.33 bits per heavy atom. The number of hydrogen-bond donors (Lipinski definition) is 0. The number of rotatable bonds is 7. The fourth-order valence-electron chi connectivity index (χ4n) is 4.26. The number of carbonyl (C=O) groups is 1. The molecule has 1 heterocycles. The number of piperazine rings is 1. The van der Waals surface area contributed by atoms with Gasteiger partial charge in [-0.2, -0.15) is 0 Å². The highest BCUT2D eigenvalue weighted by Crippen LogP contribution is 2.28. The number of methoxy groups -OCH3 is 1. The number of sulfonamides is 1. The predicted octanol–water partition coefficient (Wildman–Crippen LogP) is 4.51. The molecule has 1 aliphatic heterocycles. The lowest BCUT2D eigenvalue weighted by atomic mass is 10.1. The van der Waals surface area contributed by atoms with Gasteiger partial charge in [0.25, 0.3) is 10.0 Å². The summed E-state index contributed by atoms with van der Waals surface area (Å²) in [5.41, 5.74) is 3.49. The molecular weight excluding hydrogens is 498 g/mol. The molecule has 3 aromatic rings. The van der Waals surface area contributed by atoms with Gasteiger partial charge in [-0.25, -0.2) is 8.42 Å². The molecule has 0 N–H and O–H groups in total. The monoisotopic (exact) mass is 527 g/mol. The van der Waals surface area contributed by atoms with E-state index in [1.807, 2.05) is 32.0 Å². The Morgan fingerprint density at radius 2 is 1.67 bits per heavy atom. The minimum Gasteiger partial charge on any atom is -0.497 e. The Balaban J connectivity index is 1.56. The first-order valence-electron chi connectivity index (χ1n) is 11.7. The number of anilines is 2. The van der Waals surface area contributed by atoms with Crippen LogP contribution in [0.1, 0.15) is 11.1 Å². The zero-order valence-electron chi connectivity index (χ0n) is 20.6. The molecule has 0 saturated carbocycles. The predicted molar refractivity (Wildman–Crippen MR) is 144 cm³/mol. The van der Waals surface area contributed by atoms with Gasteiger partial charge < -0.3 is 14.5 Å². The lowest BCUT2D eigenvalue weighted by Gasteiger charge is -2.37. The van der Waals surface area contributed by atoms with E-state index >= 15 is 0 Å². The van der Waals surface area contributed by atoms with Gasteiger partial charge in [-0.15, -0.1) is 0 Å². The van der Waals surface area contributed by atoms with Crippen LogP contribution in [-0.2, 0) is 14.8 Å². The molecule has 1 saturated heterocycles. The van der Waals surface area contributed by atoms with Crippen LogP contribution in [0.2, 0.25) is 5.02 Å². The summed E-state index contributed by atoms with van der Waals surface area (Å²) >= 11 is 6.19. The quantitative estimate of drug-likeness (QED) is 0.452. The van der Waals surface area contributed by atoms with Crippen molar-refractivity contribution in [1.29, 1.82) is 0 Å². The highest BCUT2D eigenvalue weighted by molar-refractivity contribution is 7.92. The topological polar surface area (TPSA) is 70.2 Å². The normalized spacial score (nSPS) is 14.0. The van der Waals surface area contributed by atoms with Crippen molar-refractivity contribution in [2.75, 3.05) is 49.0 Å². The number of benzene rings is 3. The Kier molecular flexibility index (Phi) is 7.76. The van der Waals surface area contributed by atoms with Crippen molar-refractivity contribution in [3.05, 3.63) is 82.9 Å². The minimum absolute atomic E-state index is 0.130. The maximum absolute atomic E-state index is 13.7. The number of halogens is 1. The molecule has 1 fully saturated rings. The maximum atomic E-state index is 13.7. The highest BCUT2D eigenvalue weighted by atomic mass is 35.5. The Morgan fingerprint density at radius 1 is 0.972 bits per heavy atom. The molecule has 3 aromatic carbocycles. The Bertz CT molecular complexity index is 1340. The number of carbonyl (C=O) groups excluding carboxylic acids is 1. The third-order valence-corrected chi connectivity index (χ3v) is 8.40. The number of aryl methyl sites for hydroxylation is 2. The van der Waals surface area contributed by atoms with E-state index in [0.717, 1.165) is 21.1 Å². The van der Waals surface area contributed by atoms with Crippen molar-refractivity contribution in [2.45, 2.75) is 18.7 Å². The first-order chi connectivity index (χ1) is 17.2. The number of hydrogen-bond acceptors (Lipinski definition) is 5. The van der Waals surface area contributed by atoms with Gasteiger partial charge in [-0.1, -0.05) is 41.4 Å². The summed E-state index contributed by atoms with van der Waals surface area (Å²) in [6, 6.07) is 19.1. The van der Waals surface area contributed by atoms with Crippen LogP contribution in [0.3, 0.4) is 0 Å². The SMILES string of the molecule is COc1cccc(N(CC(=O)N2CCN(c3cc(Cl)ccc3C)CC2)S(=O)(=O)c2ccc(C)cc2)c1. The van der Waals surface area contributed by atoms with Crippen molar-refractivity contribution < 1.29 is 17.9 Å². The molecule has 9 heteroatoms. The molecule has 4 rings (SSSR count). The molecule has 0 aromatic heterocycles. The van der Waals surface area contributed by atoms with E-state index in [4.69, 9.17) is 16.3 Å². The van der Waals surface area contributed by atoms with Crippen LogP contribution in [0, 0.1) is 13.8 Å². The van der Waals surface area contributed by atoms with Crippen LogP contribution in [0.25, 0.3) is 0 Å². The Hall–Kier alpha value is -3.23. The summed E-state index contributed by atoms with van der Waals surface area (Å²) in [5, 5.41) is 0.671. The number of ether oxygens (including phenoxy) is 1. The average molecular weight is 528 g/mol. The van der Waals surface area contributed by atoms with E-state index in [1.165, 1.54) is 7.11 Å². The van der Waals surface area contributed by atoms with E-state index < -0.39 is 10.0 Å². The number of nitrogens with zero attached hydrogens (tertiary/aromatic N) is 3. The molecule has 0 atom stereocenters.